The number of carbonyl (C=O) groups excluding carboxylic acids is 1. The standard InChI is InChI=1S/C9H5ClF6N2O2/c10-7(19)6-5(8(11,12)13)3(2-17)1-4(18-6)20-9(14,15)16/h1H,2,17H2. The molecule has 1 aromatic rings. The van der Waals surface area contributed by atoms with Crippen molar-refractivity contribution in [2.24, 2.45) is 5.73 Å². The van der Waals surface area contributed by atoms with Crippen molar-refractivity contribution < 1.29 is 35.9 Å². The minimum Gasteiger partial charge on any atom is -0.388 e. The minimum atomic E-state index is -5.19. The van der Waals surface area contributed by atoms with Crippen LogP contribution in [0.3, 0.4) is 0 Å². The molecule has 0 aliphatic carbocycles. The summed E-state index contributed by atoms with van der Waals surface area (Å²) < 4.78 is 77.7. The molecule has 4 nitrogen and oxygen atoms in total. The Kier molecular flexibility index (Phi) is 4.49. The Labute approximate surface area is 112 Å². The van der Waals surface area contributed by atoms with Gasteiger partial charge in [0.25, 0.3) is 5.24 Å². The van der Waals surface area contributed by atoms with Gasteiger partial charge < -0.3 is 10.5 Å². The molecule has 0 bridgehead atoms. The number of hydrogen-bond acceptors (Lipinski definition) is 4. The molecular formula is C9H5ClF6N2O2. The van der Waals surface area contributed by atoms with E-state index in [4.69, 9.17) is 17.3 Å². The number of nitrogens with zero attached hydrogens (tertiary/aromatic N) is 1. The Morgan fingerprint density at radius 2 is 1.85 bits per heavy atom. The summed E-state index contributed by atoms with van der Waals surface area (Å²) in [5, 5.41) is -1.68. The van der Waals surface area contributed by atoms with Crippen molar-refractivity contribution in [1.82, 2.24) is 4.98 Å². The SMILES string of the molecule is NCc1cc(OC(F)(F)F)nc(C(=O)Cl)c1C(F)(F)F. The minimum absolute atomic E-state index is 0.347. The number of ether oxygens (including phenoxy) is 1. The van der Waals surface area contributed by atoms with Crippen LogP contribution in [0.15, 0.2) is 6.07 Å². The average molecular weight is 323 g/mol. The largest absolute Gasteiger partial charge is 0.574 e. The summed E-state index contributed by atoms with van der Waals surface area (Å²) >= 11 is 4.91. The van der Waals surface area contributed by atoms with Gasteiger partial charge in [0.05, 0.1) is 5.56 Å². The molecule has 0 aromatic carbocycles. The van der Waals surface area contributed by atoms with Crippen LogP contribution in [0.2, 0.25) is 0 Å². The maximum Gasteiger partial charge on any atom is 0.574 e. The van der Waals surface area contributed by atoms with Crippen molar-refractivity contribution in [1.29, 1.82) is 0 Å². The normalized spacial score (nSPS) is 12.4. The first-order valence-electron chi connectivity index (χ1n) is 4.72. The molecule has 0 radical (unpaired) electrons. The highest BCUT2D eigenvalue weighted by atomic mass is 35.5. The van der Waals surface area contributed by atoms with Gasteiger partial charge >= 0.3 is 12.5 Å². The number of pyridine rings is 1. The second-order valence-corrected chi connectivity index (χ2v) is 3.71. The second-order valence-electron chi connectivity index (χ2n) is 3.37. The summed E-state index contributed by atoms with van der Waals surface area (Å²) in [5.74, 6) is -1.25. The van der Waals surface area contributed by atoms with E-state index in [1.807, 2.05) is 0 Å². The summed E-state index contributed by atoms with van der Waals surface area (Å²) in [7, 11) is 0. The average Bonchev–Trinajstić information content (AvgIpc) is 2.23. The molecule has 0 atom stereocenters. The van der Waals surface area contributed by atoms with Gasteiger partial charge in [-0.15, -0.1) is 13.2 Å². The fraction of sp³-hybridized carbons (Fsp3) is 0.333. The van der Waals surface area contributed by atoms with Crippen LogP contribution < -0.4 is 10.5 Å². The molecule has 20 heavy (non-hydrogen) atoms. The maximum absolute atomic E-state index is 12.8. The zero-order valence-electron chi connectivity index (χ0n) is 9.27. The first-order chi connectivity index (χ1) is 8.95. The predicted octanol–water partition coefficient (Wildman–Crippen LogP) is 2.84. The van der Waals surface area contributed by atoms with Crippen LogP contribution in [-0.2, 0) is 12.7 Å². The van der Waals surface area contributed by atoms with E-state index in [1.54, 1.807) is 0 Å². The van der Waals surface area contributed by atoms with Crippen molar-refractivity contribution in [3.63, 3.8) is 0 Å². The highest BCUT2D eigenvalue weighted by Crippen LogP contribution is 2.36. The molecule has 0 fully saturated rings. The molecule has 0 saturated carbocycles. The summed E-state index contributed by atoms with van der Waals surface area (Å²) in [6.45, 7) is -0.789. The van der Waals surface area contributed by atoms with Gasteiger partial charge in [0.2, 0.25) is 5.88 Å². The molecule has 2 N–H and O–H groups in total. The van der Waals surface area contributed by atoms with Crippen LogP contribution in [0, 0.1) is 0 Å². The zero-order valence-corrected chi connectivity index (χ0v) is 10.0. The van der Waals surface area contributed by atoms with Gasteiger partial charge in [-0.05, 0) is 17.2 Å². The molecular weight excluding hydrogens is 318 g/mol. The lowest BCUT2D eigenvalue weighted by Crippen LogP contribution is -2.22. The lowest BCUT2D eigenvalue weighted by Gasteiger charge is -2.16. The summed E-state index contributed by atoms with van der Waals surface area (Å²) in [4.78, 5) is 13.8. The number of alkyl halides is 6. The van der Waals surface area contributed by atoms with Crippen molar-refractivity contribution in [2.45, 2.75) is 19.1 Å². The molecule has 1 aromatic heterocycles. The van der Waals surface area contributed by atoms with Crippen LogP contribution in [0.4, 0.5) is 26.3 Å². The third kappa shape index (κ3) is 3.97. The smallest absolute Gasteiger partial charge is 0.388 e. The van der Waals surface area contributed by atoms with E-state index in [-0.39, 0.29) is 0 Å². The third-order valence-electron chi connectivity index (χ3n) is 1.99. The molecule has 1 heterocycles. The van der Waals surface area contributed by atoms with E-state index >= 15 is 0 Å². The number of hydrogen-bond donors (Lipinski definition) is 1. The van der Waals surface area contributed by atoms with E-state index in [1.165, 1.54) is 0 Å². The van der Waals surface area contributed by atoms with Crippen LogP contribution in [0.25, 0.3) is 0 Å². The van der Waals surface area contributed by atoms with Gasteiger partial charge in [0, 0.05) is 12.6 Å². The Balaban J connectivity index is 3.51. The van der Waals surface area contributed by atoms with Crippen molar-refractivity contribution in [3.05, 3.63) is 22.9 Å². The highest BCUT2D eigenvalue weighted by molar-refractivity contribution is 6.67. The zero-order chi connectivity index (χ0) is 15.7. The Morgan fingerprint density at radius 1 is 1.30 bits per heavy atom. The van der Waals surface area contributed by atoms with Gasteiger partial charge in [-0.2, -0.15) is 13.2 Å². The molecule has 0 aliphatic heterocycles. The topological polar surface area (TPSA) is 65.2 Å². The first kappa shape index (κ1) is 16.5. The van der Waals surface area contributed by atoms with E-state index in [0.717, 1.165) is 0 Å². The van der Waals surface area contributed by atoms with E-state index in [2.05, 4.69) is 9.72 Å². The van der Waals surface area contributed by atoms with Gasteiger partial charge in [-0.25, -0.2) is 4.98 Å². The number of aromatic nitrogens is 1. The Hall–Kier alpha value is -1.55. The number of rotatable bonds is 3. The van der Waals surface area contributed by atoms with Crippen molar-refractivity contribution >= 4 is 16.8 Å². The first-order valence-corrected chi connectivity index (χ1v) is 5.10. The Morgan fingerprint density at radius 3 is 2.20 bits per heavy atom. The fourth-order valence-electron chi connectivity index (χ4n) is 1.36. The van der Waals surface area contributed by atoms with Crippen LogP contribution >= 0.6 is 11.6 Å². The molecule has 11 heteroatoms. The monoisotopic (exact) mass is 322 g/mol. The molecule has 0 amide bonds. The van der Waals surface area contributed by atoms with Gasteiger partial charge in [0.15, 0.2) is 0 Å². The van der Waals surface area contributed by atoms with Crippen LogP contribution in [0.1, 0.15) is 21.6 Å². The quantitative estimate of drug-likeness (QED) is 0.686. The molecule has 0 spiro atoms. The van der Waals surface area contributed by atoms with Crippen LogP contribution in [0.5, 0.6) is 5.88 Å². The summed E-state index contributed by atoms with van der Waals surface area (Å²) in [5.41, 5.74) is 1.24. The van der Waals surface area contributed by atoms with Gasteiger partial charge in [0.1, 0.15) is 5.69 Å². The molecule has 112 valence electrons. The molecule has 0 saturated heterocycles. The number of nitrogens with two attached hydrogens (primary N) is 1. The van der Waals surface area contributed by atoms with Crippen molar-refractivity contribution in [3.8, 4) is 5.88 Å². The summed E-state index contributed by atoms with van der Waals surface area (Å²) in [6.07, 6.45) is -10.2. The fourth-order valence-corrected chi connectivity index (χ4v) is 1.50. The molecule has 1 rings (SSSR count). The van der Waals surface area contributed by atoms with E-state index in [0.29, 0.717) is 6.07 Å². The van der Waals surface area contributed by atoms with E-state index < -0.39 is 47.0 Å². The lowest BCUT2D eigenvalue weighted by atomic mass is 10.1. The van der Waals surface area contributed by atoms with Gasteiger partial charge in [-0.1, -0.05) is 0 Å². The molecule has 0 aliphatic rings. The second kappa shape index (κ2) is 5.44. The summed E-state index contributed by atoms with van der Waals surface area (Å²) in [6, 6.07) is 0.347. The van der Waals surface area contributed by atoms with Crippen LogP contribution in [-0.4, -0.2) is 16.6 Å². The Bertz CT molecular complexity index is 528. The third-order valence-corrected chi connectivity index (χ3v) is 2.17. The molecule has 0 unspecified atom stereocenters. The number of halogens is 7. The van der Waals surface area contributed by atoms with Crippen molar-refractivity contribution in [2.75, 3.05) is 0 Å². The maximum atomic E-state index is 12.8. The lowest BCUT2D eigenvalue weighted by molar-refractivity contribution is -0.276. The predicted molar refractivity (Wildman–Crippen MR) is 54.0 cm³/mol. The number of carbonyl (C=O) groups is 1. The van der Waals surface area contributed by atoms with E-state index in [9.17, 15) is 31.1 Å². The van der Waals surface area contributed by atoms with Gasteiger partial charge in [-0.3, -0.25) is 4.79 Å². The highest BCUT2D eigenvalue weighted by Gasteiger charge is 2.40.